The number of nitro benzene ring substituents is 1. The minimum atomic E-state index is -0.447. The molecule has 1 heterocycles. The molecule has 1 N–H and O–H groups in total. The minimum absolute atomic E-state index is 0.00156. The number of nitro groups is 1. The molecule has 2 amide bonds. The molecular weight excluding hydrogens is 452 g/mol. The monoisotopic (exact) mass is 486 g/mol. The molecular formula is C29H34N4O3. The zero-order chi connectivity index (χ0) is 25.2. The summed E-state index contributed by atoms with van der Waals surface area (Å²) in [5.41, 5.74) is 3.04. The van der Waals surface area contributed by atoms with Crippen LogP contribution in [-0.2, 0) is 13.0 Å². The van der Waals surface area contributed by atoms with E-state index >= 15 is 0 Å². The van der Waals surface area contributed by atoms with Crippen LogP contribution >= 0.6 is 0 Å². The molecule has 0 aliphatic carbocycles. The maximum Gasteiger partial charge on any atom is 0.322 e. The van der Waals surface area contributed by atoms with Gasteiger partial charge < -0.3 is 15.1 Å². The van der Waals surface area contributed by atoms with Gasteiger partial charge in [0.2, 0.25) is 0 Å². The molecule has 1 fully saturated rings. The molecule has 1 aliphatic heterocycles. The van der Waals surface area contributed by atoms with Crippen molar-refractivity contribution in [2.75, 3.05) is 31.5 Å². The summed E-state index contributed by atoms with van der Waals surface area (Å²) >= 11 is 0. The number of hydrogen-bond donors (Lipinski definition) is 1. The zero-order valence-electron chi connectivity index (χ0n) is 20.6. The van der Waals surface area contributed by atoms with Crippen molar-refractivity contribution in [3.8, 4) is 0 Å². The van der Waals surface area contributed by atoms with Gasteiger partial charge in [-0.05, 0) is 74.5 Å². The van der Waals surface area contributed by atoms with Crippen LogP contribution in [0.4, 0.5) is 16.2 Å². The summed E-state index contributed by atoms with van der Waals surface area (Å²) in [5, 5.41) is 13.8. The van der Waals surface area contributed by atoms with Gasteiger partial charge in [-0.25, -0.2) is 4.79 Å². The highest BCUT2D eigenvalue weighted by Crippen LogP contribution is 2.22. The number of non-ortho nitro benzene ring substituents is 1. The molecule has 0 spiro atoms. The Bertz CT molecular complexity index is 1100. The Morgan fingerprint density at radius 1 is 0.917 bits per heavy atom. The van der Waals surface area contributed by atoms with Crippen LogP contribution in [0.25, 0.3) is 0 Å². The fraction of sp³-hybridized carbons (Fsp3) is 0.345. The van der Waals surface area contributed by atoms with E-state index in [0.717, 1.165) is 44.0 Å². The van der Waals surface area contributed by atoms with Crippen molar-refractivity contribution in [1.82, 2.24) is 9.80 Å². The number of rotatable bonds is 10. The van der Waals surface area contributed by atoms with Crippen LogP contribution < -0.4 is 5.32 Å². The van der Waals surface area contributed by atoms with Gasteiger partial charge in [0.1, 0.15) is 0 Å². The van der Waals surface area contributed by atoms with Crippen molar-refractivity contribution in [2.24, 2.45) is 5.92 Å². The first-order valence-corrected chi connectivity index (χ1v) is 12.7. The fourth-order valence-electron chi connectivity index (χ4n) is 4.77. The third-order valence-electron chi connectivity index (χ3n) is 6.81. The number of nitrogens with zero attached hydrogens (tertiary/aromatic N) is 3. The maximum absolute atomic E-state index is 13.1. The number of carbonyl (C=O) groups is 1. The van der Waals surface area contributed by atoms with E-state index in [0.29, 0.717) is 18.8 Å². The first-order chi connectivity index (χ1) is 17.6. The lowest BCUT2D eigenvalue weighted by molar-refractivity contribution is -0.384. The van der Waals surface area contributed by atoms with Gasteiger partial charge in [-0.2, -0.15) is 0 Å². The highest BCUT2D eigenvalue weighted by Gasteiger charge is 2.20. The molecule has 3 aromatic carbocycles. The molecule has 0 radical (unpaired) electrons. The van der Waals surface area contributed by atoms with E-state index < -0.39 is 4.92 Å². The van der Waals surface area contributed by atoms with E-state index in [-0.39, 0.29) is 11.7 Å². The number of anilines is 1. The van der Waals surface area contributed by atoms with Gasteiger partial charge in [0.15, 0.2) is 0 Å². The van der Waals surface area contributed by atoms with Gasteiger partial charge in [-0.3, -0.25) is 10.1 Å². The number of benzene rings is 3. The molecule has 0 unspecified atom stereocenters. The van der Waals surface area contributed by atoms with Gasteiger partial charge in [0.05, 0.1) is 4.92 Å². The van der Waals surface area contributed by atoms with E-state index in [4.69, 9.17) is 0 Å². The fourth-order valence-corrected chi connectivity index (χ4v) is 4.77. The number of likely N-dealkylation sites (tertiary alicyclic amines) is 1. The molecule has 0 aromatic heterocycles. The van der Waals surface area contributed by atoms with Crippen LogP contribution in [0.3, 0.4) is 0 Å². The highest BCUT2D eigenvalue weighted by molar-refractivity contribution is 5.89. The average Bonchev–Trinajstić information content (AvgIpc) is 2.90. The number of urea groups is 1. The minimum Gasteiger partial charge on any atom is -0.320 e. The predicted octanol–water partition coefficient (Wildman–Crippen LogP) is 5.97. The Hall–Kier alpha value is -3.71. The van der Waals surface area contributed by atoms with E-state index in [1.165, 1.54) is 30.5 Å². The van der Waals surface area contributed by atoms with Gasteiger partial charge >= 0.3 is 6.03 Å². The molecule has 0 bridgehead atoms. The molecule has 1 aliphatic rings. The molecule has 36 heavy (non-hydrogen) atoms. The van der Waals surface area contributed by atoms with Crippen LogP contribution in [0.1, 0.15) is 30.4 Å². The summed E-state index contributed by atoms with van der Waals surface area (Å²) in [4.78, 5) is 27.9. The molecule has 4 rings (SSSR count). The van der Waals surface area contributed by atoms with Crippen molar-refractivity contribution in [3.63, 3.8) is 0 Å². The van der Waals surface area contributed by atoms with Crippen molar-refractivity contribution < 1.29 is 9.72 Å². The maximum atomic E-state index is 13.1. The second kappa shape index (κ2) is 12.8. The van der Waals surface area contributed by atoms with E-state index in [1.807, 2.05) is 35.2 Å². The summed E-state index contributed by atoms with van der Waals surface area (Å²) in [7, 11) is 0. The van der Waals surface area contributed by atoms with Crippen LogP contribution in [-0.4, -0.2) is 46.9 Å². The average molecular weight is 487 g/mol. The van der Waals surface area contributed by atoms with Crippen molar-refractivity contribution in [3.05, 3.63) is 106 Å². The summed E-state index contributed by atoms with van der Waals surface area (Å²) < 4.78 is 0. The number of nitrogens with one attached hydrogen (secondary N) is 1. The number of hydrogen-bond acceptors (Lipinski definition) is 4. The molecule has 7 heteroatoms. The first-order valence-electron chi connectivity index (χ1n) is 12.7. The van der Waals surface area contributed by atoms with Gasteiger partial charge in [0, 0.05) is 30.9 Å². The third kappa shape index (κ3) is 7.65. The van der Waals surface area contributed by atoms with Crippen molar-refractivity contribution >= 4 is 17.4 Å². The normalized spacial score (nSPS) is 14.3. The zero-order valence-corrected chi connectivity index (χ0v) is 20.6. The first kappa shape index (κ1) is 25.4. The Morgan fingerprint density at radius 3 is 2.14 bits per heavy atom. The Morgan fingerprint density at radius 2 is 1.53 bits per heavy atom. The third-order valence-corrected chi connectivity index (χ3v) is 6.81. The largest absolute Gasteiger partial charge is 0.322 e. The van der Waals surface area contributed by atoms with E-state index in [2.05, 4.69) is 40.5 Å². The summed E-state index contributed by atoms with van der Waals surface area (Å²) in [6.45, 7) is 4.32. The second-order valence-corrected chi connectivity index (χ2v) is 9.47. The van der Waals surface area contributed by atoms with E-state index in [9.17, 15) is 14.9 Å². The number of carbonyl (C=O) groups excluding carboxylic acids is 1. The summed E-state index contributed by atoms with van der Waals surface area (Å²) in [5.74, 6) is 0.741. The van der Waals surface area contributed by atoms with Crippen LogP contribution in [0.2, 0.25) is 0 Å². The Balaban J connectivity index is 1.28. The van der Waals surface area contributed by atoms with Gasteiger partial charge in [0.25, 0.3) is 5.69 Å². The van der Waals surface area contributed by atoms with E-state index in [1.54, 1.807) is 12.1 Å². The van der Waals surface area contributed by atoms with Crippen molar-refractivity contribution in [2.45, 2.75) is 32.2 Å². The molecule has 1 saturated heterocycles. The summed E-state index contributed by atoms with van der Waals surface area (Å²) in [6.07, 6.45) is 4.47. The van der Waals surface area contributed by atoms with Gasteiger partial charge in [-0.1, -0.05) is 60.7 Å². The van der Waals surface area contributed by atoms with Gasteiger partial charge in [-0.15, -0.1) is 0 Å². The molecule has 7 nitrogen and oxygen atoms in total. The predicted molar refractivity (Wildman–Crippen MR) is 143 cm³/mol. The molecule has 188 valence electrons. The Labute approximate surface area is 212 Å². The number of piperidine rings is 1. The standard InChI is InChI=1S/C29H34N4O3/c34-29(30-27-12-14-28(15-13-27)33(35)36)32(23-26-10-5-2-6-11-26)19-7-18-31-20-16-25(17-21-31)22-24-8-3-1-4-9-24/h1-6,8-15,25H,7,16-23H2,(H,30,34). The molecule has 3 aromatic rings. The second-order valence-electron chi connectivity index (χ2n) is 9.47. The number of amides is 2. The van der Waals surface area contributed by atoms with Crippen LogP contribution in [0.5, 0.6) is 0 Å². The van der Waals surface area contributed by atoms with Crippen LogP contribution in [0.15, 0.2) is 84.9 Å². The molecule has 0 saturated carbocycles. The van der Waals surface area contributed by atoms with Crippen molar-refractivity contribution in [1.29, 1.82) is 0 Å². The Kier molecular flexibility index (Phi) is 9.05. The lowest BCUT2D eigenvalue weighted by atomic mass is 9.90. The SMILES string of the molecule is O=C(Nc1ccc([N+](=O)[O-])cc1)N(CCCN1CCC(Cc2ccccc2)CC1)Cc1ccccc1. The highest BCUT2D eigenvalue weighted by atomic mass is 16.6. The van der Waals surface area contributed by atoms with Crippen LogP contribution in [0, 0.1) is 16.0 Å². The molecule has 0 atom stereocenters. The quantitative estimate of drug-likeness (QED) is 0.283. The summed E-state index contributed by atoms with van der Waals surface area (Å²) in [6, 6.07) is 26.4. The lowest BCUT2D eigenvalue weighted by Gasteiger charge is -2.32. The lowest BCUT2D eigenvalue weighted by Crippen LogP contribution is -2.39. The topological polar surface area (TPSA) is 78.7 Å². The smallest absolute Gasteiger partial charge is 0.320 e.